The van der Waals surface area contributed by atoms with Gasteiger partial charge in [0.25, 0.3) is 16.8 Å². The van der Waals surface area contributed by atoms with E-state index in [1.807, 2.05) is 0 Å². The highest BCUT2D eigenvalue weighted by molar-refractivity contribution is 5.98. The molecule has 2 aromatic carbocycles. The number of benzene rings is 1. The molecule has 0 spiro atoms. The minimum atomic E-state index is -0.705. The summed E-state index contributed by atoms with van der Waals surface area (Å²) in [5.41, 5.74) is 5.91. The van der Waals surface area contributed by atoms with Crippen LogP contribution in [0.25, 0.3) is 5.65 Å². The molecule has 4 aromatic rings. The molecular weight excluding hydrogens is 390 g/mol. The molecule has 150 valence electrons. The Kier molecular flexibility index (Phi) is 4.54. The van der Waals surface area contributed by atoms with Crippen molar-refractivity contribution in [1.82, 2.24) is 25.1 Å². The number of carbonyl (C=O) groups excluding carboxylic acids is 2. The van der Waals surface area contributed by atoms with Crippen molar-refractivity contribution in [2.75, 3.05) is 11.1 Å². The predicted molar refractivity (Wildman–Crippen MR) is 107 cm³/mol. The first-order valence-corrected chi connectivity index (χ1v) is 8.80. The van der Waals surface area contributed by atoms with Crippen molar-refractivity contribution < 1.29 is 9.59 Å². The average Bonchev–Trinajstić information content (AvgIpc) is 3.23. The monoisotopic (exact) mass is 405 g/mol. The van der Waals surface area contributed by atoms with Crippen LogP contribution in [0.15, 0.2) is 46.1 Å². The number of amides is 1. The van der Waals surface area contributed by atoms with Crippen molar-refractivity contribution in [1.29, 1.82) is 0 Å². The highest BCUT2D eigenvalue weighted by atomic mass is 16.2. The van der Waals surface area contributed by atoms with E-state index in [9.17, 15) is 19.2 Å². The molecule has 0 radical (unpaired) electrons. The summed E-state index contributed by atoms with van der Waals surface area (Å²) in [5, 5.41) is 13.0. The maximum Gasteiger partial charge on any atom is 0.270 e. The Labute approximate surface area is 168 Å². The summed E-state index contributed by atoms with van der Waals surface area (Å²) < 4.78 is 1.27. The first kappa shape index (κ1) is 18.9. The number of nitrogens with one attached hydrogen (secondary N) is 2. The van der Waals surface area contributed by atoms with Gasteiger partial charge in [-0.05, 0) is 23.8 Å². The van der Waals surface area contributed by atoms with E-state index >= 15 is 0 Å². The van der Waals surface area contributed by atoms with E-state index in [1.54, 1.807) is 24.3 Å². The van der Waals surface area contributed by atoms with Gasteiger partial charge in [0.1, 0.15) is 22.8 Å². The fourth-order valence-corrected chi connectivity index (χ4v) is 2.90. The van der Waals surface area contributed by atoms with Gasteiger partial charge in [-0.2, -0.15) is 4.52 Å². The van der Waals surface area contributed by atoms with Gasteiger partial charge in [0.05, 0.1) is 6.20 Å². The fourth-order valence-electron chi connectivity index (χ4n) is 2.90. The molecule has 2 heterocycles. The lowest BCUT2D eigenvalue weighted by atomic mass is 10.1. The summed E-state index contributed by atoms with van der Waals surface area (Å²) in [6.45, 7) is 1.52. The number of carbonyl (C=O) groups is 2. The van der Waals surface area contributed by atoms with Gasteiger partial charge in [-0.3, -0.25) is 19.2 Å². The standard InChI is InChI=1S/C19H15N7O4/c1-9(27)13-6-12(24-14-8-22-25-26(13)14)19(30)21-7-10-3-2-4-11(5-10)23-16-15(20)17(28)18(16)29/h2-6,8,23H,7,20H2,1H3,(H,21,30). The van der Waals surface area contributed by atoms with Crippen molar-refractivity contribution in [3.63, 3.8) is 0 Å². The van der Waals surface area contributed by atoms with Gasteiger partial charge in [-0.15, -0.1) is 5.10 Å². The third kappa shape index (κ3) is 3.28. The first-order chi connectivity index (χ1) is 14.3. The molecule has 0 aliphatic carbocycles. The van der Waals surface area contributed by atoms with Gasteiger partial charge in [0.15, 0.2) is 11.4 Å². The van der Waals surface area contributed by atoms with Crippen LogP contribution in [0.2, 0.25) is 0 Å². The number of hydrogen-bond acceptors (Lipinski definition) is 9. The van der Waals surface area contributed by atoms with Crippen molar-refractivity contribution in [3.8, 4) is 0 Å². The summed E-state index contributed by atoms with van der Waals surface area (Å²) >= 11 is 0. The van der Waals surface area contributed by atoms with E-state index in [4.69, 9.17) is 5.73 Å². The second kappa shape index (κ2) is 7.20. The minimum Gasteiger partial charge on any atom is -0.394 e. The normalized spacial score (nSPS) is 11.0. The Morgan fingerprint density at radius 1 is 1.17 bits per heavy atom. The van der Waals surface area contributed by atoms with Crippen molar-refractivity contribution in [2.24, 2.45) is 0 Å². The van der Waals surface area contributed by atoms with Gasteiger partial charge in [-0.25, -0.2) is 4.98 Å². The molecule has 0 unspecified atom stereocenters. The number of hydrogen-bond donors (Lipinski definition) is 3. The fraction of sp³-hybridized carbons (Fsp3) is 0.105. The van der Waals surface area contributed by atoms with Crippen LogP contribution in [-0.2, 0) is 6.54 Å². The molecule has 11 heteroatoms. The van der Waals surface area contributed by atoms with Gasteiger partial charge in [0.2, 0.25) is 0 Å². The number of anilines is 3. The highest BCUT2D eigenvalue weighted by Crippen LogP contribution is 2.19. The van der Waals surface area contributed by atoms with Gasteiger partial charge in [0, 0.05) is 19.2 Å². The third-order valence-corrected chi connectivity index (χ3v) is 4.46. The van der Waals surface area contributed by atoms with Crippen LogP contribution in [0.5, 0.6) is 0 Å². The quantitative estimate of drug-likeness (QED) is 0.300. The van der Waals surface area contributed by atoms with E-state index in [0.717, 1.165) is 5.56 Å². The molecular formula is C19H15N7O4. The molecule has 11 nitrogen and oxygen atoms in total. The van der Waals surface area contributed by atoms with Crippen molar-refractivity contribution in [2.45, 2.75) is 13.5 Å². The first-order valence-electron chi connectivity index (χ1n) is 8.80. The van der Waals surface area contributed by atoms with Crippen molar-refractivity contribution in [3.05, 3.63) is 73.9 Å². The Morgan fingerprint density at radius 2 is 1.97 bits per heavy atom. The number of aromatic nitrogens is 4. The summed E-state index contributed by atoms with van der Waals surface area (Å²) in [6, 6.07) is 8.25. The van der Waals surface area contributed by atoms with Crippen molar-refractivity contribution >= 4 is 34.4 Å². The number of nitrogen functional groups attached to an aromatic ring is 1. The smallest absolute Gasteiger partial charge is 0.270 e. The largest absolute Gasteiger partial charge is 0.394 e. The number of nitrogens with two attached hydrogens (primary N) is 1. The SMILES string of the molecule is CC(=O)c1cc(C(=O)NCc2cccc(Nc3c(N)c(=O)c3=O)c2)nc2cnnn12. The zero-order valence-corrected chi connectivity index (χ0v) is 15.7. The highest BCUT2D eigenvalue weighted by Gasteiger charge is 2.18. The van der Waals surface area contributed by atoms with E-state index in [2.05, 4.69) is 25.9 Å². The Hall–Kier alpha value is -4.41. The summed E-state index contributed by atoms with van der Waals surface area (Å²) in [4.78, 5) is 51.3. The predicted octanol–water partition coefficient (Wildman–Crippen LogP) is 0.179. The molecule has 0 atom stereocenters. The zero-order chi connectivity index (χ0) is 21.4. The number of fused-ring (bicyclic) bond motifs is 1. The Balaban J connectivity index is 1.49. The molecule has 0 aliphatic rings. The number of Topliss-reactive ketones (excluding diaryl/α,β-unsaturated/α-hetero) is 1. The molecule has 4 N–H and O–H groups in total. The molecule has 0 saturated heterocycles. The van der Waals surface area contributed by atoms with E-state index in [0.29, 0.717) is 5.69 Å². The Morgan fingerprint density at radius 3 is 2.70 bits per heavy atom. The average molecular weight is 405 g/mol. The van der Waals surface area contributed by atoms with Crippen LogP contribution >= 0.6 is 0 Å². The molecule has 2 aromatic heterocycles. The van der Waals surface area contributed by atoms with Gasteiger partial charge in [-0.1, -0.05) is 17.3 Å². The maximum absolute atomic E-state index is 12.5. The second-order valence-electron chi connectivity index (χ2n) is 6.54. The van der Waals surface area contributed by atoms with Crippen LogP contribution in [0.1, 0.15) is 33.5 Å². The lowest BCUT2D eigenvalue weighted by Gasteiger charge is -2.11. The molecule has 0 bridgehead atoms. The van der Waals surface area contributed by atoms with Crippen LogP contribution < -0.4 is 27.2 Å². The van der Waals surface area contributed by atoms with Crippen LogP contribution in [-0.4, -0.2) is 31.5 Å². The van der Waals surface area contributed by atoms with Crippen LogP contribution in [0.3, 0.4) is 0 Å². The molecule has 1 amide bonds. The topological polar surface area (TPSA) is 161 Å². The lowest BCUT2D eigenvalue weighted by Crippen LogP contribution is -2.36. The number of ketones is 1. The van der Waals surface area contributed by atoms with Crippen LogP contribution in [0.4, 0.5) is 17.1 Å². The molecule has 4 rings (SSSR count). The molecule has 0 fully saturated rings. The number of nitrogens with zero attached hydrogens (tertiary/aromatic N) is 4. The summed E-state index contributed by atoms with van der Waals surface area (Å²) in [7, 11) is 0. The van der Waals surface area contributed by atoms with E-state index < -0.39 is 16.8 Å². The third-order valence-electron chi connectivity index (χ3n) is 4.46. The summed E-state index contributed by atoms with van der Waals surface area (Å²) in [5.74, 6) is -0.760. The van der Waals surface area contributed by atoms with E-state index in [-0.39, 0.29) is 40.7 Å². The van der Waals surface area contributed by atoms with E-state index in [1.165, 1.54) is 23.7 Å². The maximum atomic E-state index is 12.5. The Bertz CT molecular complexity index is 1380. The number of rotatable bonds is 6. The van der Waals surface area contributed by atoms with Gasteiger partial charge >= 0.3 is 0 Å². The van der Waals surface area contributed by atoms with Crippen LogP contribution in [0, 0.1) is 0 Å². The minimum absolute atomic E-state index is 0.0563. The lowest BCUT2D eigenvalue weighted by molar-refractivity contribution is 0.0946. The second-order valence-corrected chi connectivity index (χ2v) is 6.54. The summed E-state index contributed by atoms with van der Waals surface area (Å²) in [6.07, 6.45) is 1.35. The van der Waals surface area contributed by atoms with Gasteiger partial charge < -0.3 is 16.4 Å². The molecule has 0 aliphatic heterocycles. The zero-order valence-electron chi connectivity index (χ0n) is 15.7. The molecule has 30 heavy (non-hydrogen) atoms. The molecule has 0 saturated carbocycles.